The number of carbonyl (C=O) groups is 3. The molecule has 6 rings (SSSR count). The predicted molar refractivity (Wildman–Crippen MR) is 119 cm³/mol. The van der Waals surface area contributed by atoms with Gasteiger partial charge in [-0.2, -0.15) is 0 Å². The van der Waals surface area contributed by atoms with Gasteiger partial charge >= 0.3 is 0 Å². The molecule has 0 saturated carbocycles. The first-order valence-electron chi connectivity index (χ1n) is 10.7. The fraction of sp³-hybridized carbons (Fsp3) is 0.208. The summed E-state index contributed by atoms with van der Waals surface area (Å²) in [6.45, 7) is 0.331. The van der Waals surface area contributed by atoms with Gasteiger partial charge in [0.15, 0.2) is 0 Å². The first-order chi connectivity index (χ1) is 16.0. The normalized spacial score (nSPS) is 18.2. The highest BCUT2D eigenvalue weighted by atomic mass is 16.2. The van der Waals surface area contributed by atoms with Crippen LogP contribution < -0.4 is 5.32 Å². The second kappa shape index (κ2) is 7.13. The highest BCUT2D eigenvalue weighted by Gasteiger charge is 2.39. The van der Waals surface area contributed by atoms with Gasteiger partial charge in [-0.15, -0.1) is 0 Å². The van der Waals surface area contributed by atoms with Crippen molar-refractivity contribution in [3.63, 3.8) is 0 Å². The molecular weight excluding hydrogens is 420 g/mol. The number of piperidine rings is 1. The van der Waals surface area contributed by atoms with Crippen LogP contribution in [0.3, 0.4) is 0 Å². The molecule has 1 aromatic carbocycles. The lowest BCUT2D eigenvalue weighted by molar-refractivity contribution is -0.136. The molecule has 1 N–H and O–H groups in total. The number of benzene rings is 1. The molecule has 0 radical (unpaired) electrons. The van der Waals surface area contributed by atoms with E-state index in [-0.39, 0.29) is 18.2 Å². The van der Waals surface area contributed by atoms with E-state index < -0.39 is 11.9 Å². The predicted octanol–water partition coefficient (Wildman–Crippen LogP) is 2.16. The topological polar surface area (TPSA) is 102 Å². The van der Waals surface area contributed by atoms with Crippen LogP contribution in [0.4, 0.5) is 0 Å². The Kier molecular flexibility index (Phi) is 4.19. The largest absolute Gasteiger partial charge is 0.333 e. The van der Waals surface area contributed by atoms with Gasteiger partial charge in [0.2, 0.25) is 11.8 Å². The Bertz CT molecular complexity index is 1470. The summed E-state index contributed by atoms with van der Waals surface area (Å²) in [6, 6.07) is 9.03. The van der Waals surface area contributed by atoms with Gasteiger partial charge in [0, 0.05) is 55.3 Å². The lowest BCUT2D eigenvalue weighted by Crippen LogP contribution is -2.52. The summed E-state index contributed by atoms with van der Waals surface area (Å²) in [5, 5.41) is 2.34. The third-order valence-electron chi connectivity index (χ3n) is 6.40. The van der Waals surface area contributed by atoms with Crippen LogP contribution in [-0.4, -0.2) is 47.6 Å². The molecule has 1 unspecified atom stereocenters. The number of imide groups is 1. The Morgan fingerprint density at radius 1 is 1.06 bits per heavy atom. The van der Waals surface area contributed by atoms with E-state index in [0.29, 0.717) is 18.5 Å². The van der Waals surface area contributed by atoms with Crippen LogP contribution in [0.25, 0.3) is 28.2 Å². The van der Waals surface area contributed by atoms with Crippen LogP contribution in [0.5, 0.6) is 0 Å². The lowest BCUT2D eigenvalue weighted by atomic mass is 10.0. The van der Waals surface area contributed by atoms with Gasteiger partial charge in [-0.3, -0.25) is 19.7 Å². The minimum atomic E-state index is -0.627. The summed E-state index contributed by atoms with van der Waals surface area (Å²) in [5.41, 5.74) is 5.96. The van der Waals surface area contributed by atoms with Crippen molar-refractivity contribution in [2.24, 2.45) is 7.05 Å². The molecule has 1 atom stereocenters. The van der Waals surface area contributed by atoms with Crippen molar-refractivity contribution in [3.05, 3.63) is 66.4 Å². The van der Waals surface area contributed by atoms with Crippen LogP contribution in [0.15, 0.2) is 55.2 Å². The number of hydrogen-bond acceptors (Lipinski definition) is 5. The molecule has 0 spiro atoms. The Hall–Kier alpha value is -4.27. The maximum absolute atomic E-state index is 13.0. The van der Waals surface area contributed by atoms with Crippen LogP contribution in [0.1, 0.15) is 28.8 Å². The zero-order valence-corrected chi connectivity index (χ0v) is 17.9. The van der Waals surface area contributed by atoms with Crippen molar-refractivity contribution >= 4 is 23.4 Å². The molecule has 2 aliphatic heterocycles. The molecule has 5 heterocycles. The number of aromatic nitrogens is 4. The first kappa shape index (κ1) is 19.4. The summed E-state index contributed by atoms with van der Waals surface area (Å²) in [5.74, 6) is -0.883. The Morgan fingerprint density at radius 3 is 2.76 bits per heavy atom. The van der Waals surface area contributed by atoms with Gasteiger partial charge in [-0.1, -0.05) is 6.07 Å². The zero-order chi connectivity index (χ0) is 22.7. The van der Waals surface area contributed by atoms with E-state index in [9.17, 15) is 14.4 Å². The van der Waals surface area contributed by atoms with Gasteiger partial charge in [0.1, 0.15) is 11.7 Å². The third-order valence-corrected chi connectivity index (χ3v) is 6.40. The number of pyridine rings is 1. The highest BCUT2D eigenvalue weighted by Crippen LogP contribution is 2.35. The molecule has 33 heavy (non-hydrogen) atoms. The molecule has 0 bridgehead atoms. The number of fused-ring (bicyclic) bond motifs is 2. The average molecular weight is 440 g/mol. The second-order valence-corrected chi connectivity index (χ2v) is 8.44. The molecule has 1 saturated heterocycles. The van der Waals surface area contributed by atoms with Crippen LogP contribution in [-0.2, 0) is 23.2 Å². The van der Waals surface area contributed by atoms with Crippen molar-refractivity contribution in [1.82, 2.24) is 29.2 Å². The molecule has 9 heteroatoms. The van der Waals surface area contributed by atoms with E-state index in [1.54, 1.807) is 23.5 Å². The van der Waals surface area contributed by atoms with Crippen molar-refractivity contribution < 1.29 is 14.4 Å². The van der Waals surface area contributed by atoms with Crippen molar-refractivity contribution in [2.45, 2.75) is 25.4 Å². The summed E-state index contributed by atoms with van der Waals surface area (Å²) in [7, 11) is 1.95. The van der Waals surface area contributed by atoms with Gasteiger partial charge < -0.3 is 13.9 Å². The van der Waals surface area contributed by atoms with Crippen LogP contribution >= 0.6 is 0 Å². The van der Waals surface area contributed by atoms with E-state index in [0.717, 1.165) is 33.7 Å². The molecule has 4 aromatic rings. The number of aryl methyl sites for hydroxylation is 1. The quantitative estimate of drug-likeness (QED) is 0.492. The lowest BCUT2D eigenvalue weighted by Gasteiger charge is -2.29. The van der Waals surface area contributed by atoms with Crippen LogP contribution in [0, 0.1) is 0 Å². The smallest absolute Gasteiger partial charge is 0.255 e. The van der Waals surface area contributed by atoms with Gasteiger partial charge in [-0.25, -0.2) is 9.97 Å². The molecule has 0 aliphatic carbocycles. The molecular formula is C24H20N6O3. The van der Waals surface area contributed by atoms with Crippen molar-refractivity contribution in [1.29, 1.82) is 0 Å². The molecule has 9 nitrogen and oxygen atoms in total. The molecule has 3 amide bonds. The summed E-state index contributed by atoms with van der Waals surface area (Å²) < 4.78 is 3.94. The minimum absolute atomic E-state index is 0.183. The van der Waals surface area contributed by atoms with E-state index in [1.807, 2.05) is 52.7 Å². The van der Waals surface area contributed by atoms with Gasteiger partial charge in [0.05, 0.1) is 17.7 Å². The first-order valence-corrected chi connectivity index (χ1v) is 10.7. The summed E-state index contributed by atoms with van der Waals surface area (Å²) in [6.07, 6.45) is 8.04. The number of hydrogen-bond donors (Lipinski definition) is 1. The zero-order valence-electron chi connectivity index (χ0n) is 17.9. The number of imidazole rings is 2. The number of nitrogens with zero attached hydrogens (tertiary/aromatic N) is 5. The standard InChI is InChI=1S/C24H20N6O3/c1-28-13-26-21(22(28)15-3-6-19-25-8-9-29(19)11-15)14-2-4-17-16(10-14)12-30(24(17)33)18-5-7-20(31)27-23(18)32/h2-4,6,8-11,13,18H,5,7,12H2,1H3,(H,27,31,32). The van der Waals surface area contributed by atoms with E-state index in [4.69, 9.17) is 0 Å². The van der Waals surface area contributed by atoms with Crippen molar-refractivity contribution in [2.75, 3.05) is 0 Å². The van der Waals surface area contributed by atoms with Gasteiger partial charge in [0.25, 0.3) is 5.91 Å². The Labute approximate surface area is 188 Å². The summed E-state index contributed by atoms with van der Waals surface area (Å²) >= 11 is 0. The third kappa shape index (κ3) is 3.04. The molecule has 1 fully saturated rings. The maximum atomic E-state index is 13.0. The summed E-state index contributed by atoms with van der Waals surface area (Å²) in [4.78, 5) is 47.3. The molecule has 3 aromatic heterocycles. The number of carbonyl (C=O) groups excluding carboxylic acids is 3. The van der Waals surface area contributed by atoms with E-state index in [1.165, 1.54) is 0 Å². The number of rotatable bonds is 3. The van der Waals surface area contributed by atoms with Crippen LogP contribution in [0.2, 0.25) is 0 Å². The molecule has 164 valence electrons. The fourth-order valence-corrected chi connectivity index (χ4v) is 4.76. The van der Waals surface area contributed by atoms with Gasteiger partial charge in [-0.05, 0) is 36.2 Å². The van der Waals surface area contributed by atoms with E-state index >= 15 is 0 Å². The minimum Gasteiger partial charge on any atom is -0.333 e. The fourth-order valence-electron chi connectivity index (χ4n) is 4.76. The number of nitrogens with one attached hydrogen (secondary N) is 1. The van der Waals surface area contributed by atoms with Crippen molar-refractivity contribution in [3.8, 4) is 22.5 Å². The Morgan fingerprint density at radius 2 is 1.91 bits per heavy atom. The maximum Gasteiger partial charge on any atom is 0.255 e. The second-order valence-electron chi connectivity index (χ2n) is 8.44. The Balaban J connectivity index is 1.36. The molecule has 2 aliphatic rings. The van der Waals surface area contributed by atoms with E-state index in [2.05, 4.69) is 15.3 Å². The monoisotopic (exact) mass is 440 g/mol. The average Bonchev–Trinajstić information content (AvgIpc) is 3.50. The number of amides is 3. The SMILES string of the molecule is Cn1cnc(-c2ccc3c(c2)CN(C2CCC(=O)NC2=O)C3=O)c1-c1ccc2nccn2c1. The highest BCUT2D eigenvalue weighted by molar-refractivity contribution is 6.05.